The van der Waals surface area contributed by atoms with Crippen LogP contribution in [-0.4, -0.2) is 24.6 Å². The number of nitrogens with one attached hydrogen (secondary N) is 2. The van der Waals surface area contributed by atoms with E-state index in [0.717, 1.165) is 26.0 Å². The first-order chi connectivity index (χ1) is 13.6. The molecule has 0 aliphatic carbocycles. The van der Waals surface area contributed by atoms with E-state index in [1.54, 1.807) is 52.7 Å². The molecule has 0 atom stereocenters. The molecule has 3 aromatic heterocycles. The molecule has 0 saturated carbocycles. The summed E-state index contributed by atoms with van der Waals surface area (Å²) >= 11 is 15.0. The summed E-state index contributed by atoms with van der Waals surface area (Å²) in [6, 6.07) is 11.8. The lowest BCUT2D eigenvalue weighted by Crippen LogP contribution is -2.30. The minimum Gasteiger partial charge on any atom is -0.244 e. The zero-order valence-electron chi connectivity index (χ0n) is 14.3. The second-order valence-corrected chi connectivity index (χ2v) is 12.3. The molecule has 0 aliphatic rings. The molecule has 0 radical (unpaired) electrons. The first-order valence-electron chi connectivity index (χ1n) is 7.54. The van der Waals surface area contributed by atoms with Crippen LogP contribution in [-0.2, 0) is 0 Å². The molecule has 0 saturated heterocycles. The maximum Gasteiger partial charge on any atom is 0.257 e. The van der Waals surface area contributed by atoms with Gasteiger partial charge in [0.1, 0.15) is 0 Å². The van der Waals surface area contributed by atoms with Crippen LogP contribution in [0.2, 0.25) is 0 Å². The normalized spacial score (nSPS) is 11.3. The number of thiophene rings is 3. The van der Waals surface area contributed by atoms with Crippen molar-refractivity contribution < 1.29 is 0 Å². The van der Waals surface area contributed by atoms with Crippen molar-refractivity contribution in [2.24, 2.45) is 20.4 Å². The average Bonchev–Trinajstić information content (AvgIpc) is 3.37. The van der Waals surface area contributed by atoms with E-state index in [1.165, 1.54) is 0 Å². The van der Waals surface area contributed by atoms with E-state index in [2.05, 4.69) is 79.0 Å². The number of hydrazone groups is 2. The third-order valence-corrected chi connectivity index (χ3v) is 7.52. The molecule has 0 unspecified atom stereocenters. The van der Waals surface area contributed by atoms with Gasteiger partial charge in [-0.1, -0.05) is 0 Å². The van der Waals surface area contributed by atoms with Crippen molar-refractivity contribution in [3.05, 3.63) is 62.4 Å². The largest absolute Gasteiger partial charge is 0.257 e. The average molecular weight is 660 g/mol. The van der Waals surface area contributed by atoms with Crippen molar-refractivity contribution in [1.29, 1.82) is 0 Å². The predicted molar refractivity (Wildman–Crippen MR) is 140 cm³/mol. The molecule has 6 nitrogen and oxygen atoms in total. The van der Waals surface area contributed by atoms with Crippen molar-refractivity contribution >= 4 is 119 Å². The zero-order chi connectivity index (χ0) is 19.8. The molecule has 0 aromatic carbocycles. The van der Waals surface area contributed by atoms with Crippen LogP contribution in [0, 0.1) is 0 Å². The minimum atomic E-state index is 0. The summed E-state index contributed by atoms with van der Waals surface area (Å²) in [5.41, 5.74) is 5.64. The Hall–Kier alpha value is -0.890. The highest BCUT2D eigenvalue weighted by molar-refractivity contribution is 9.11. The van der Waals surface area contributed by atoms with Crippen LogP contribution in [0.1, 0.15) is 14.6 Å². The summed E-state index contributed by atoms with van der Waals surface area (Å²) in [6.07, 6.45) is 5.07. The van der Waals surface area contributed by atoms with Gasteiger partial charge in [-0.3, -0.25) is 0 Å². The van der Waals surface area contributed by atoms with E-state index < -0.39 is 0 Å². The van der Waals surface area contributed by atoms with Crippen LogP contribution in [0.4, 0.5) is 0 Å². The van der Waals surface area contributed by atoms with Gasteiger partial charge in [-0.2, -0.15) is 15.3 Å². The Labute approximate surface area is 210 Å². The fourth-order valence-electron chi connectivity index (χ4n) is 1.72. The number of guanidine groups is 1. The lowest BCUT2D eigenvalue weighted by atomic mass is 10.5. The van der Waals surface area contributed by atoms with Crippen molar-refractivity contribution in [3.63, 3.8) is 0 Å². The Balaban J connectivity index is 0.00000300. The van der Waals surface area contributed by atoms with Gasteiger partial charge in [0.25, 0.3) is 5.96 Å². The number of nitrogens with zero attached hydrogens (tertiary/aromatic N) is 4. The van der Waals surface area contributed by atoms with Crippen molar-refractivity contribution in [2.75, 3.05) is 0 Å². The van der Waals surface area contributed by atoms with E-state index in [1.807, 2.05) is 36.4 Å². The van der Waals surface area contributed by atoms with Crippen LogP contribution in [0.3, 0.4) is 0 Å². The van der Waals surface area contributed by atoms with E-state index in [-0.39, 0.29) is 12.4 Å². The molecule has 29 heavy (non-hydrogen) atoms. The molecule has 3 aromatic rings. The Bertz CT molecular complexity index is 986. The topological polar surface area (TPSA) is 73.5 Å². The van der Waals surface area contributed by atoms with Gasteiger partial charge >= 0.3 is 0 Å². The van der Waals surface area contributed by atoms with Crippen LogP contribution in [0.25, 0.3) is 0 Å². The SMILES string of the molecule is Brc1ccc(C=NN=C(NN=Cc2ccc(Br)s2)NN=Cc2ccc(Br)s2)s1.Cl. The molecular weight excluding hydrogens is 648 g/mol. The highest BCUT2D eigenvalue weighted by Crippen LogP contribution is 2.21. The smallest absolute Gasteiger partial charge is 0.244 e. The highest BCUT2D eigenvalue weighted by Gasteiger charge is 1.98. The van der Waals surface area contributed by atoms with Crippen LogP contribution >= 0.6 is 94.2 Å². The van der Waals surface area contributed by atoms with E-state index in [4.69, 9.17) is 0 Å². The van der Waals surface area contributed by atoms with Crippen LogP contribution < -0.4 is 10.9 Å². The molecule has 0 bridgehead atoms. The first-order valence-corrected chi connectivity index (χ1v) is 12.4. The monoisotopic (exact) mass is 656 g/mol. The fraction of sp³-hybridized carbons (Fsp3) is 0. The van der Waals surface area contributed by atoms with E-state index in [9.17, 15) is 0 Å². The maximum atomic E-state index is 4.18. The first kappa shape index (κ1) is 24.4. The second kappa shape index (κ2) is 12.7. The summed E-state index contributed by atoms with van der Waals surface area (Å²) in [6.45, 7) is 0. The van der Waals surface area contributed by atoms with Gasteiger partial charge in [0.05, 0.1) is 30.0 Å². The molecule has 0 aliphatic heterocycles. The summed E-state index contributed by atoms with van der Waals surface area (Å²) in [4.78, 5) is 2.98. The molecule has 0 fully saturated rings. The quantitative estimate of drug-likeness (QED) is 0.180. The molecule has 3 heterocycles. The molecule has 152 valence electrons. The number of hydrogen-bond acceptors (Lipinski definition) is 7. The Kier molecular flexibility index (Phi) is 10.7. The number of rotatable bonds is 6. The molecular formula is C16H12Br3ClN6S3. The predicted octanol–water partition coefficient (Wildman–Crippen LogP) is 6.52. The molecule has 0 spiro atoms. The standard InChI is InChI=1S/C16H11Br3N6S3.ClH/c17-13-4-1-10(26-13)7-20-23-16(24-21-8-11-2-5-14(18)27-11)25-22-9-12-3-6-15(19)28-12;/h1-9H,(H2,23,24,25);1H. The summed E-state index contributed by atoms with van der Waals surface area (Å²) in [5, 5.41) is 16.6. The molecule has 2 N–H and O–H groups in total. The van der Waals surface area contributed by atoms with Crippen LogP contribution in [0.15, 0.2) is 68.2 Å². The number of hydrogen-bond donors (Lipinski definition) is 2. The van der Waals surface area contributed by atoms with Gasteiger partial charge in [-0.25, -0.2) is 10.9 Å². The van der Waals surface area contributed by atoms with E-state index >= 15 is 0 Å². The molecule has 13 heteroatoms. The Morgan fingerprint density at radius 2 is 1.10 bits per heavy atom. The fourth-order valence-corrected chi connectivity index (χ4v) is 5.60. The summed E-state index contributed by atoms with van der Waals surface area (Å²) in [5.74, 6) is 0.297. The molecule has 3 rings (SSSR count). The van der Waals surface area contributed by atoms with Crippen molar-refractivity contribution in [1.82, 2.24) is 10.9 Å². The second-order valence-electron chi connectivity index (χ2n) is 4.86. The third-order valence-electron chi connectivity index (χ3n) is 2.85. The summed E-state index contributed by atoms with van der Waals surface area (Å²) < 4.78 is 3.12. The van der Waals surface area contributed by atoms with Crippen molar-refractivity contribution in [2.45, 2.75) is 0 Å². The zero-order valence-corrected chi connectivity index (χ0v) is 22.3. The maximum absolute atomic E-state index is 4.18. The van der Waals surface area contributed by atoms with Gasteiger partial charge < -0.3 is 0 Å². The third kappa shape index (κ3) is 8.79. The van der Waals surface area contributed by atoms with Gasteiger partial charge in [-0.15, -0.1) is 51.5 Å². The lowest BCUT2D eigenvalue weighted by molar-refractivity contribution is 0.891. The van der Waals surface area contributed by atoms with Gasteiger partial charge in [-0.05, 0) is 84.2 Å². The molecule has 0 amide bonds. The highest BCUT2D eigenvalue weighted by atomic mass is 79.9. The van der Waals surface area contributed by atoms with Gasteiger partial charge in [0.2, 0.25) is 0 Å². The van der Waals surface area contributed by atoms with Gasteiger partial charge in [0, 0.05) is 14.6 Å². The lowest BCUT2D eigenvalue weighted by Gasteiger charge is -2.01. The number of halogens is 4. The Morgan fingerprint density at radius 3 is 1.48 bits per heavy atom. The summed E-state index contributed by atoms with van der Waals surface area (Å²) in [7, 11) is 0. The van der Waals surface area contributed by atoms with Gasteiger partial charge in [0.15, 0.2) is 0 Å². The van der Waals surface area contributed by atoms with E-state index in [0.29, 0.717) is 5.96 Å². The Morgan fingerprint density at radius 1 is 0.690 bits per heavy atom. The van der Waals surface area contributed by atoms with Crippen LogP contribution in [0.5, 0.6) is 0 Å². The minimum absolute atomic E-state index is 0. The van der Waals surface area contributed by atoms with Crippen molar-refractivity contribution in [3.8, 4) is 0 Å².